The van der Waals surface area contributed by atoms with Crippen LogP contribution in [0.3, 0.4) is 0 Å². The summed E-state index contributed by atoms with van der Waals surface area (Å²) < 4.78 is 5.23. The van der Waals surface area contributed by atoms with Crippen LogP contribution in [-0.2, 0) is 11.2 Å². The number of carboxylic acid groups (broad SMARTS) is 1. The predicted octanol–water partition coefficient (Wildman–Crippen LogP) is 2.87. The molecule has 0 radical (unpaired) electrons. The maximum atomic E-state index is 10.7. The van der Waals surface area contributed by atoms with Crippen molar-refractivity contribution in [2.75, 3.05) is 0 Å². The smallest absolute Gasteiger partial charge is 0.303 e. The van der Waals surface area contributed by atoms with Crippen LogP contribution in [0.15, 0.2) is 29.0 Å². The summed E-state index contributed by atoms with van der Waals surface area (Å²) in [6, 6.07) is 5.78. The van der Waals surface area contributed by atoms with Crippen LogP contribution in [0.1, 0.15) is 25.8 Å². The molecule has 0 amide bonds. The summed E-state index contributed by atoms with van der Waals surface area (Å²) in [5.74, 6) is -0.768. The van der Waals surface area contributed by atoms with Gasteiger partial charge >= 0.3 is 5.97 Å². The van der Waals surface area contributed by atoms with E-state index < -0.39 is 5.97 Å². The normalized spacial score (nSPS) is 11.9. The van der Waals surface area contributed by atoms with Gasteiger partial charge in [0.2, 0.25) is 0 Å². The van der Waals surface area contributed by atoms with Crippen molar-refractivity contribution in [3.8, 4) is 0 Å². The van der Waals surface area contributed by atoms with E-state index in [2.05, 4.69) is 4.98 Å². The third-order valence-corrected chi connectivity index (χ3v) is 2.71. The molecule has 0 bridgehead atoms. The Bertz CT molecular complexity index is 542. The van der Waals surface area contributed by atoms with Gasteiger partial charge in [0, 0.05) is 0 Å². The van der Waals surface area contributed by atoms with Crippen LogP contribution in [0.2, 0.25) is 0 Å². The molecule has 0 saturated heterocycles. The van der Waals surface area contributed by atoms with Gasteiger partial charge in [0.05, 0.1) is 6.42 Å². The van der Waals surface area contributed by atoms with Crippen LogP contribution in [0.25, 0.3) is 11.1 Å². The molecule has 0 aliphatic carbocycles. The van der Waals surface area contributed by atoms with Gasteiger partial charge in [-0.25, -0.2) is 4.98 Å². The largest absolute Gasteiger partial charge is 0.481 e. The fraction of sp³-hybridized carbons (Fsp3) is 0.385. The van der Waals surface area contributed by atoms with Crippen molar-refractivity contribution in [1.82, 2.24) is 4.98 Å². The fourth-order valence-corrected chi connectivity index (χ4v) is 2.03. The van der Waals surface area contributed by atoms with Crippen LogP contribution in [0, 0.1) is 5.41 Å². The second kappa shape index (κ2) is 4.20. The van der Waals surface area contributed by atoms with Crippen LogP contribution in [0.4, 0.5) is 0 Å². The SMILES string of the molecule is CC(C)(CC(=O)O)Cc1ccc2ncoc2c1. The zero-order valence-electron chi connectivity index (χ0n) is 9.93. The molecule has 4 nitrogen and oxygen atoms in total. The highest BCUT2D eigenvalue weighted by Crippen LogP contribution is 2.27. The number of nitrogens with zero attached hydrogens (tertiary/aromatic N) is 1. The van der Waals surface area contributed by atoms with E-state index in [4.69, 9.17) is 9.52 Å². The number of fused-ring (bicyclic) bond motifs is 1. The molecule has 2 aromatic rings. The minimum absolute atomic E-state index is 0.154. The highest BCUT2D eigenvalue weighted by atomic mass is 16.4. The molecular formula is C13H15NO3. The van der Waals surface area contributed by atoms with Gasteiger partial charge in [-0.1, -0.05) is 19.9 Å². The number of aromatic nitrogens is 1. The van der Waals surface area contributed by atoms with Crippen molar-refractivity contribution in [3.05, 3.63) is 30.2 Å². The van der Waals surface area contributed by atoms with E-state index in [1.54, 1.807) is 0 Å². The summed E-state index contributed by atoms with van der Waals surface area (Å²) in [6.45, 7) is 3.90. The summed E-state index contributed by atoms with van der Waals surface area (Å²) in [6.07, 6.45) is 2.27. The van der Waals surface area contributed by atoms with E-state index in [0.717, 1.165) is 16.7 Å². The fourth-order valence-electron chi connectivity index (χ4n) is 2.03. The van der Waals surface area contributed by atoms with E-state index in [-0.39, 0.29) is 11.8 Å². The first kappa shape index (κ1) is 11.6. The van der Waals surface area contributed by atoms with Crippen molar-refractivity contribution < 1.29 is 14.3 Å². The number of carbonyl (C=O) groups is 1. The molecule has 2 rings (SSSR count). The van der Waals surface area contributed by atoms with Gasteiger partial charge < -0.3 is 9.52 Å². The monoisotopic (exact) mass is 233 g/mol. The third kappa shape index (κ3) is 2.84. The zero-order chi connectivity index (χ0) is 12.5. The molecular weight excluding hydrogens is 218 g/mol. The highest BCUT2D eigenvalue weighted by molar-refractivity contribution is 5.73. The predicted molar refractivity (Wildman–Crippen MR) is 63.7 cm³/mol. The lowest BCUT2D eigenvalue weighted by Crippen LogP contribution is -2.19. The number of oxazole rings is 1. The Labute approximate surface area is 99.3 Å². The van der Waals surface area contributed by atoms with Gasteiger partial charge in [0.1, 0.15) is 5.52 Å². The van der Waals surface area contributed by atoms with Gasteiger partial charge in [-0.15, -0.1) is 0 Å². The molecule has 0 spiro atoms. The van der Waals surface area contributed by atoms with Crippen LogP contribution < -0.4 is 0 Å². The van der Waals surface area contributed by atoms with Crippen molar-refractivity contribution in [2.45, 2.75) is 26.7 Å². The van der Waals surface area contributed by atoms with Gasteiger partial charge in [0.25, 0.3) is 0 Å². The van der Waals surface area contributed by atoms with E-state index >= 15 is 0 Å². The summed E-state index contributed by atoms with van der Waals surface area (Å²) in [4.78, 5) is 14.8. The van der Waals surface area contributed by atoms with Gasteiger partial charge in [-0.2, -0.15) is 0 Å². The molecule has 17 heavy (non-hydrogen) atoms. The molecule has 0 saturated carbocycles. The average Bonchev–Trinajstić information content (AvgIpc) is 2.61. The molecule has 1 aromatic carbocycles. The molecule has 1 heterocycles. The van der Waals surface area contributed by atoms with Crippen LogP contribution in [0.5, 0.6) is 0 Å². The summed E-state index contributed by atoms with van der Waals surface area (Å²) in [5.41, 5.74) is 2.37. The molecule has 1 N–H and O–H groups in total. The zero-order valence-corrected chi connectivity index (χ0v) is 9.93. The number of carboxylic acids is 1. The van der Waals surface area contributed by atoms with Crippen molar-refractivity contribution in [2.24, 2.45) is 5.41 Å². The lowest BCUT2D eigenvalue weighted by Gasteiger charge is -2.22. The topological polar surface area (TPSA) is 63.3 Å². The highest BCUT2D eigenvalue weighted by Gasteiger charge is 2.22. The summed E-state index contributed by atoms with van der Waals surface area (Å²) in [7, 11) is 0. The Morgan fingerprint density at radius 3 is 2.94 bits per heavy atom. The molecule has 0 unspecified atom stereocenters. The number of hydrogen-bond acceptors (Lipinski definition) is 3. The minimum atomic E-state index is -0.768. The Hall–Kier alpha value is -1.84. The Morgan fingerprint density at radius 2 is 2.24 bits per heavy atom. The summed E-state index contributed by atoms with van der Waals surface area (Å²) >= 11 is 0. The van der Waals surface area contributed by atoms with Gasteiger partial charge in [-0.05, 0) is 29.5 Å². The summed E-state index contributed by atoms with van der Waals surface area (Å²) in [5, 5.41) is 8.84. The Kier molecular flexibility index (Phi) is 2.88. The molecule has 0 aliphatic rings. The number of aliphatic carboxylic acids is 1. The first-order valence-electron chi connectivity index (χ1n) is 5.50. The van der Waals surface area contributed by atoms with E-state index in [1.165, 1.54) is 6.39 Å². The maximum absolute atomic E-state index is 10.7. The van der Waals surface area contributed by atoms with Crippen LogP contribution >= 0.6 is 0 Å². The van der Waals surface area contributed by atoms with Crippen molar-refractivity contribution >= 4 is 17.1 Å². The first-order valence-corrected chi connectivity index (χ1v) is 5.50. The minimum Gasteiger partial charge on any atom is -0.481 e. The standard InChI is InChI=1S/C13H15NO3/c1-13(2,7-12(15)16)6-9-3-4-10-11(5-9)17-8-14-10/h3-5,8H,6-7H2,1-2H3,(H,15,16). The second-order valence-electron chi connectivity index (χ2n) is 5.07. The van der Waals surface area contributed by atoms with Gasteiger partial charge in [0.15, 0.2) is 12.0 Å². The quantitative estimate of drug-likeness (QED) is 0.881. The number of rotatable bonds is 4. The Balaban J connectivity index is 2.19. The lowest BCUT2D eigenvalue weighted by molar-refractivity contribution is -0.139. The van der Waals surface area contributed by atoms with E-state index in [1.807, 2.05) is 32.0 Å². The molecule has 1 aromatic heterocycles. The van der Waals surface area contributed by atoms with E-state index in [9.17, 15) is 4.79 Å². The van der Waals surface area contributed by atoms with E-state index in [0.29, 0.717) is 6.42 Å². The Morgan fingerprint density at radius 1 is 1.47 bits per heavy atom. The number of hydrogen-bond donors (Lipinski definition) is 1. The van der Waals surface area contributed by atoms with Gasteiger partial charge in [-0.3, -0.25) is 4.79 Å². The average molecular weight is 233 g/mol. The molecule has 0 atom stereocenters. The molecule has 90 valence electrons. The first-order chi connectivity index (χ1) is 7.96. The second-order valence-corrected chi connectivity index (χ2v) is 5.07. The maximum Gasteiger partial charge on any atom is 0.303 e. The van der Waals surface area contributed by atoms with Crippen LogP contribution in [-0.4, -0.2) is 16.1 Å². The third-order valence-electron chi connectivity index (χ3n) is 2.71. The van der Waals surface area contributed by atoms with Crippen molar-refractivity contribution in [1.29, 1.82) is 0 Å². The molecule has 4 heteroatoms. The molecule has 0 fully saturated rings. The van der Waals surface area contributed by atoms with Crippen molar-refractivity contribution in [3.63, 3.8) is 0 Å². The molecule has 0 aliphatic heterocycles. The number of benzene rings is 1. The lowest BCUT2D eigenvalue weighted by atomic mass is 9.83.